The fourth-order valence-corrected chi connectivity index (χ4v) is 1.73. The van der Waals surface area contributed by atoms with Gasteiger partial charge in [-0.2, -0.15) is 0 Å². The first kappa shape index (κ1) is 13.6. The van der Waals surface area contributed by atoms with Gasteiger partial charge in [-0.25, -0.2) is 9.78 Å². The van der Waals surface area contributed by atoms with Gasteiger partial charge in [0.05, 0.1) is 0 Å². The standard InChI is InChI=1S/C11H16N2O3S/c1-8(17(2)16)5-7-13-10-9(11(14)15)4-3-6-12-10/h3-4,6,8H,5,7H2,1-2H3,(H,12,13)(H,14,15). The van der Waals surface area contributed by atoms with Crippen LogP contribution in [-0.4, -0.2) is 38.3 Å². The summed E-state index contributed by atoms with van der Waals surface area (Å²) >= 11 is 0. The van der Waals surface area contributed by atoms with Crippen LogP contribution in [0.2, 0.25) is 0 Å². The van der Waals surface area contributed by atoms with Gasteiger partial charge in [0.1, 0.15) is 11.4 Å². The molecule has 0 aliphatic carbocycles. The molecule has 0 fully saturated rings. The molecule has 17 heavy (non-hydrogen) atoms. The van der Waals surface area contributed by atoms with Crippen LogP contribution in [0.4, 0.5) is 5.82 Å². The highest BCUT2D eigenvalue weighted by molar-refractivity contribution is 7.84. The van der Waals surface area contributed by atoms with Gasteiger partial charge in [0.25, 0.3) is 0 Å². The van der Waals surface area contributed by atoms with E-state index < -0.39 is 16.8 Å². The van der Waals surface area contributed by atoms with Gasteiger partial charge in [0, 0.05) is 35.0 Å². The van der Waals surface area contributed by atoms with Crippen LogP contribution >= 0.6 is 0 Å². The van der Waals surface area contributed by atoms with Crippen LogP contribution in [0.15, 0.2) is 18.3 Å². The van der Waals surface area contributed by atoms with E-state index >= 15 is 0 Å². The molecule has 0 amide bonds. The summed E-state index contributed by atoms with van der Waals surface area (Å²) in [6.45, 7) is 2.45. The monoisotopic (exact) mass is 256 g/mol. The van der Waals surface area contributed by atoms with Crippen LogP contribution in [0.3, 0.4) is 0 Å². The van der Waals surface area contributed by atoms with Crippen molar-refractivity contribution in [3.8, 4) is 0 Å². The lowest BCUT2D eigenvalue weighted by Gasteiger charge is -2.10. The molecule has 2 N–H and O–H groups in total. The lowest BCUT2D eigenvalue weighted by Crippen LogP contribution is -2.16. The molecule has 0 bridgehead atoms. The molecule has 6 heteroatoms. The predicted octanol–water partition coefficient (Wildman–Crippen LogP) is 1.35. The summed E-state index contributed by atoms with van der Waals surface area (Å²) in [5.41, 5.74) is 0.151. The van der Waals surface area contributed by atoms with Gasteiger partial charge in [-0.3, -0.25) is 4.21 Å². The molecule has 0 saturated carbocycles. The Hall–Kier alpha value is -1.43. The Morgan fingerprint density at radius 2 is 2.35 bits per heavy atom. The number of carboxylic acid groups (broad SMARTS) is 1. The van der Waals surface area contributed by atoms with Crippen LogP contribution in [0.5, 0.6) is 0 Å². The van der Waals surface area contributed by atoms with E-state index in [1.54, 1.807) is 12.3 Å². The maximum absolute atomic E-state index is 11.1. The second-order valence-corrected chi connectivity index (χ2v) is 5.53. The number of aromatic nitrogens is 1. The smallest absolute Gasteiger partial charge is 0.339 e. The van der Waals surface area contributed by atoms with Crippen molar-refractivity contribution >= 4 is 22.6 Å². The summed E-state index contributed by atoms with van der Waals surface area (Å²) in [5.74, 6) is -0.651. The summed E-state index contributed by atoms with van der Waals surface area (Å²) in [6, 6.07) is 3.08. The van der Waals surface area contributed by atoms with E-state index in [-0.39, 0.29) is 10.8 Å². The largest absolute Gasteiger partial charge is 0.478 e. The first-order valence-electron chi connectivity index (χ1n) is 5.26. The van der Waals surface area contributed by atoms with Gasteiger partial charge in [0.2, 0.25) is 0 Å². The number of rotatable bonds is 6. The van der Waals surface area contributed by atoms with Gasteiger partial charge in [-0.1, -0.05) is 6.92 Å². The SMILES string of the molecule is CC(CCNc1ncccc1C(=O)O)S(C)=O. The summed E-state index contributed by atoms with van der Waals surface area (Å²) in [4.78, 5) is 14.9. The number of nitrogens with one attached hydrogen (secondary N) is 1. The highest BCUT2D eigenvalue weighted by Crippen LogP contribution is 2.11. The zero-order valence-electron chi connectivity index (χ0n) is 9.84. The number of aromatic carboxylic acids is 1. The van der Waals surface area contributed by atoms with E-state index in [2.05, 4.69) is 10.3 Å². The third kappa shape index (κ3) is 4.14. The molecule has 0 spiro atoms. The van der Waals surface area contributed by atoms with E-state index in [4.69, 9.17) is 5.11 Å². The lowest BCUT2D eigenvalue weighted by atomic mass is 10.2. The maximum Gasteiger partial charge on any atom is 0.339 e. The number of hydrogen-bond donors (Lipinski definition) is 2. The van der Waals surface area contributed by atoms with Crippen LogP contribution in [0, 0.1) is 0 Å². The number of carbonyl (C=O) groups is 1. The van der Waals surface area contributed by atoms with E-state index in [9.17, 15) is 9.00 Å². The number of pyridine rings is 1. The van der Waals surface area contributed by atoms with E-state index in [0.717, 1.165) is 0 Å². The molecule has 5 nitrogen and oxygen atoms in total. The Bertz CT molecular complexity index is 423. The minimum Gasteiger partial charge on any atom is -0.478 e. The molecule has 1 aromatic heterocycles. The van der Waals surface area contributed by atoms with Crippen molar-refractivity contribution in [3.05, 3.63) is 23.9 Å². The molecule has 0 saturated heterocycles. The molecule has 1 aromatic rings. The molecule has 0 aliphatic rings. The Kier molecular flexibility index (Phi) is 5.09. The summed E-state index contributed by atoms with van der Waals surface area (Å²) < 4.78 is 11.1. The molecule has 2 unspecified atom stereocenters. The average molecular weight is 256 g/mol. The topological polar surface area (TPSA) is 79.3 Å². The van der Waals surface area contributed by atoms with E-state index in [1.165, 1.54) is 12.3 Å². The van der Waals surface area contributed by atoms with Crippen molar-refractivity contribution in [1.82, 2.24) is 4.98 Å². The molecular formula is C11H16N2O3S. The summed E-state index contributed by atoms with van der Waals surface area (Å²) in [7, 11) is -0.859. The molecule has 0 aromatic carbocycles. The van der Waals surface area contributed by atoms with Crippen molar-refractivity contribution < 1.29 is 14.1 Å². The van der Waals surface area contributed by atoms with E-state index in [1.807, 2.05) is 6.92 Å². The average Bonchev–Trinajstić information content (AvgIpc) is 2.29. The number of hydrogen-bond acceptors (Lipinski definition) is 4. The highest BCUT2D eigenvalue weighted by Gasteiger charge is 2.11. The zero-order valence-corrected chi connectivity index (χ0v) is 10.7. The molecule has 0 radical (unpaired) electrons. The normalized spacial score (nSPS) is 14.0. The van der Waals surface area contributed by atoms with Gasteiger partial charge in [-0.15, -0.1) is 0 Å². The van der Waals surface area contributed by atoms with Crippen molar-refractivity contribution in [2.24, 2.45) is 0 Å². The predicted molar refractivity (Wildman–Crippen MR) is 67.8 cm³/mol. The van der Waals surface area contributed by atoms with Gasteiger partial charge < -0.3 is 10.4 Å². The fraction of sp³-hybridized carbons (Fsp3) is 0.455. The molecule has 94 valence electrons. The Labute approximate surface area is 103 Å². The van der Waals surface area contributed by atoms with Crippen molar-refractivity contribution in [3.63, 3.8) is 0 Å². The maximum atomic E-state index is 11.1. The molecule has 1 heterocycles. The minimum atomic E-state index is -1.01. The summed E-state index contributed by atoms with van der Waals surface area (Å²) in [5, 5.41) is 12.0. The number of carboxylic acids is 1. The lowest BCUT2D eigenvalue weighted by molar-refractivity contribution is 0.0697. The number of nitrogens with zero attached hydrogens (tertiary/aromatic N) is 1. The first-order chi connectivity index (χ1) is 8.02. The fourth-order valence-electron chi connectivity index (χ4n) is 1.28. The first-order valence-corrected chi connectivity index (χ1v) is 6.89. The Balaban J connectivity index is 2.58. The van der Waals surface area contributed by atoms with Crippen LogP contribution in [0.1, 0.15) is 23.7 Å². The van der Waals surface area contributed by atoms with Crippen LogP contribution in [-0.2, 0) is 10.8 Å². The quantitative estimate of drug-likeness (QED) is 0.803. The third-order valence-electron chi connectivity index (χ3n) is 2.45. The highest BCUT2D eigenvalue weighted by atomic mass is 32.2. The molecular weight excluding hydrogens is 240 g/mol. The van der Waals surface area contributed by atoms with Gasteiger partial charge >= 0.3 is 5.97 Å². The molecule has 1 rings (SSSR count). The summed E-state index contributed by atoms with van der Waals surface area (Å²) in [6.07, 6.45) is 3.91. The van der Waals surface area contributed by atoms with Gasteiger partial charge in [0.15, 0.2) is 0 Å². The van der Waals surface area contributed by atoms with Crippen molar-refractivity contribution in [1.29, 1.82) is 0 Å². The Morgan fingerprint density at radius 3 is 2.94 bits per heavy atom. The molecule has 0 aliphatic heterocycles. The van der Waals surface area contributed by atoms with Gasteiger partial charge in [-0.05, 0) is 18.6 Å². The van der Waals surface area contributed by atoms with Crippen molar-refractivity contribution in [2.75, 3.05) is 18.1 Å². The minimum absolute atomic E-state index is 0.0829. The zero-order chi connectivity index (χ0) is 12.8. The third-order valence-corrected chi connectivity index (χ3v) is 3.82. The number of anilines is 1. The second kappa shape index (κ2) is 6.34. The Morgan fingerprint density at radius 1 is 1.65 bits per heavy atom. The molecule has 2 atom stereocenters. The van der Waals surface area contributed by atoms with Crippen LogP contribution < -0.4 is 5.32 Å². The van der Waals surface area contributed by atoms with Crippen LogP contribution in [0.25, 0.3) is 0 Å². The second-order valence-electron chi connectivity index (χ2n) is 3.73. The van der Waals surface area contributed by atoms with Crippen molar-refractivity contribution in [2.45, 2.75) is 18.6 Å². The van der Waals surface area contributed by atoms with E-state index in [0.29, 0.717) is 18.8 Å².